The Morgan fingerprint density at radius 1 is 1.00 bits per heavy atom. The average molecular weight is 510 g/mol. The summed E-state index contributed by atoms with van der Waals surface area (Å²) in [6, 6.07) is 16.3. The zero-order valence-electron chi connectivity index (χ0n) is 19.9. The van der Waals surface area contributed by atoms with Gasteiger partial charge in [0.15, 0.2) is 12.1 Å². The monoisotopic (exact) mass is 509 g/mol. The van der Waals surface area contributed by atoms with Gasteiger partial charge in [0.2, 0.25) is 5.91 Å². The van der Waals surface area contributed by atoms with Crippen molar-refractivity contribution in [3.8, 4) is 0 Å². The molecule has 37 heavy (non-hydrogen) atoms. The number of halogens is 2. The van der Waals surface area contributed by atoms with E-state index in [1.165, 1.54) is 60.5 Å². The number of carbonyl (C=O) groups is 3. The Labute approximate surface area is 212 Å². The summed E-state index contributed by atoms with van der Waals surface area (Å²) in [6.07, 6.45) is -1.68. The number of methoxy groups -OCH3 is 1. The van der Waals surface area contributed by atoms with Crippen LogP contribution < -0.4 is 10.6 Å². The second-order valence-corrected chi connectivity index (χ2v) is 8.37. The van der Waals surface area contributed by atoms with Crippen molar-refractivity contribution in [2.75, 3.05) is 25.6 Å². The number of hydrogen-bond acceptors (Lipinski definition) is 5. The van der Waals surface area contributed by atoms with Crippen LogP contribution in [-0.2, 0) is 20.8 Å². The van der Waals surface area contributed by atoms with E-state index >= 15 is 0 Å². The zero-order chi connectivity index (χ0) is 26.4. The molecule has 2 N–H and O–H groups in total. The fourth-order valence-electron chi connectivity index (χ4n) is 3.98. The summed E-state index contributed by atoms with van der Waals surface area (Å²) >= 11 is 0. The van der Waals surface area contributed by atoms with Crippen molar-refractivity contribution in [3.05, 3.63) is 101 Å². The summed E-state index contributed by atoms with van der Waals surface area (Å²) in [7, 11) is 1.50. The molecule has 2 atom stereocenters. The van der Waals surface area contributed by atoms with Gasteiger partial charge in [-0.25, -0.2) is 13.6 Å². The molecule has 0 radical (unpaired) electrons. The van der Waals surface area contributed by atoms with Crippen LogP contribution in [0.2, 0.25) is 0 Å². The van der Waals surface area contributed by atoms with Crippen LogP contribution in [0.4, 0.5) is 19.3 Å². The first-order chi connectivity index (χ1) is 17.9. The van der Waals surface area contributed by atoms with E-state index in [9.17, 15) is 23.2 Å². The lowest BCUT2D eigenvalue weighted by atomic mass is 10.00. The van der Waals surface area contributed by atoms with Crippen LogP contribution in [0.15, 0.2) is 72.8 Å². The quantitative estimate of drug-likeness (QED) is 0.425. The Bertz CT molecular complexity index is 1270. The number of anilines is 1. The summed E-state index contributed by atoms with van der Waals surface area (Å²) in [6.45, 7) is 0.532. The van der Waals surface area contributed by atoms with Gasteiger partial charge in [0.05, 0.1) is 13.2 Å². The van der Waals surface area contributed by atoms with E-state index < -0.39 is 41.7 Å². The average Bonchev–Trinajstić information content (AvgIpc) is 3.22. The SMILES string of the molecule is COCCNC(=O)C1C(c2cccc(NC(=O)c3ccc(F)cc3)c2)OC(=O)N1Cc1ccc(F)cc1. The minimum Gasteiger partial charge on any atom is -0.438 e. The maximum atomic E-state index is 13.4. The summed E-state index contributed by atoms with van der Waals surface area (Å²) in [5.41, 5.74) is 1.77. The predicted molar refractivity (Wildman–Crippen MR) is 131 cm³/mol. The van der Waals surface area contributed by atoms with Crippen LogP contribution in [0.5, 0.6) is 0 Å². The second kappa shape index (κ2) is 11.6. The van der Waals surface area contributed by atoms with E-state index in [0.717, 1.165) is 0 Å². The lowest BCUT2D eigenvalue weighted by Crippen LogP contribution is -2.47. The first-order valence-electron chi connectivity index (χ1n) is 11.5. The number of hydrogen-bond donors (Lipinski definition) is 2. The van der Waals surface area contributed by atoms with Crippen LogP contribution in [0.25, 0.3) is 0 Å². The van der Waals surface area contributed by atoms with Gasteiger partial charge in [-0.05, 0) is 59.7 Å². The molecule has 3 aromatic rings. The molecule has 3 amide bonds. The zero-order valence-corrected chi connectivity index (χ0v) is 19.9. The van der Waals surface area contributed by atoms with Crippen LogP contribution in [-0.4, -0.2) is 49.1 Å². The van der Waals surface area contributed by atoms with Crippen molar-refractivity contribution >= 4 is 23.6 Å². The normalized spacial score (nSPS) is 16.8. The summed E-state index contributed by atoms with van der Waals surface area (Å²) < 4.78 is 37.2. The number of rotatable bonds is 9. The maximum absolute atomic E-state index is 13.4. The Morgan fingerprint density at radius 2 is 1.68 bits per heavy atom. The van der Waals surface area contributed by atoms with Gasteiger partial charge in [-0.1, -0.05) is 24.3 Å². The van der Waals surface area contributed by atoms with Crippen molar-refractivity contribution in [2.45, 2.75) is 18.7 Å². The number of cyclic esters (lactones) is 1. The first kappa shape index (κ1) is 25.8. The van der Waals surface area contributed by atoms with Gasteiger partial charge in [0.1, 0.15) is 11.6 Å². The van der Waals surface area contributed by atoms with Crippen LogP contribution in [0, 0.1) is 11.6 Å². The molecule has 192 valence electrons. The standard InChI is InChI=1S/C27H25F2N3O5/c1-36-14-13-30-26(34)23-24(37-27(35)32(23)16-17-5-9-20(28)10-6-17)19-3-2-4-22(15-19)31-25(33)18-7-11-21(29)12-8-18/h2-12,15,23-24H,13-14,16H2,1H3,(H,30,34)(H,31,33). The summed E-state index contributed by atoms with van der Waals surface area (Å²) in [4.78, 5) is 39.9. The van der Waals surface area contributed by atoms with Crippen molar-refractivity contribution < 1.29 is 32.6 Å². The maximum Gasteiger partial charge on any atom is 0.411 e. The van der Waals surface area contributed by atoms with E-state index in [1.54, 1.807) is 24.3 Å². The van der Waals surface area contributed by atoms with Crippen LogP contribution in [0.1, 0.15) is 27.6 Å². The third-order valence-corrected chi connectivity index (χ3v) is 5.80. The number of benzene rings is 3. The lowest BCUT2D eigenvalue weighted by molar-refractivity contribution is -0.126. The third-order valence-electron chi connectivity index (χ3n) is 5.80. The molecule has 0 saturated carbocycles. The van der Waals surface area contributed by atoms with E-state index in [2.05, 4.69) is 10.6 Å². The molecule has 0 bridgehead atoms. The number of carbonyl (C=O) groups excluding carboxylic acids is 3. The highest BCUT2D eigenvalue weighted by atomic mass is 19.1. The lowest BCUT2D eigenvalue weighted by Gasteiger charge is -2.24. The van der Waals surface area contributed by atoms with Crippen molar-refractivity contribution in [3.63, 3.8) is 0 Å². The molecule has 10 heteroatoms. The molecule has 1 aliphatic heterocycles. The Balaban J connectivity index is 1.58. The molecule has 1 saturated heterocycles. The fourth-order valence-corrected chi connectivity index (χ4v) is 3.98. The highest BCUT2D eigenvalue weighted by Crippen LogP contribution is 2.35. The van der Waals surface area contributed by atoms with E-state index in [0.29, 0.717) is 16.8 Å². The topological polar surface area (TPSA) is 97.0 Å². The molecule has 0 spiro atoms. The molecular formula is C27H25F2N3O5. The molecule has 2 unspecified atom stereocenters. The molecule has 8 nitrogen and oxygen atoms in total. The highest BCUT2D eigenvalue weighted by molar-refractivity contribution is 6.04. The number of nitrogens with zero attached hydrogens (tertiary/aromatic N) is 1. The first-order valence-corrected chi connectivity index (χ1v) is 11.5. The fraction of sp³-hybridized carbons (Fsp3) is 0.222. The Hall–Kier alpha value is -4.31. The van der Waals surface area contributed by atoms with Crippen LogP contribution in [0.3, 0.4) is 0 Å². The van der Waals surface area contributed by atoms with Gasteiger partial charge in [0.25, 0.3) is 5.91 Å². The van der Waals surface area contributed by atoms with Crippen molar-refractivity contribution in [1.29, 1.82) is 0 Å². The van der Waals surface area contributed by atoms with Gasteiger partial charge in [0, 0.05) is 24.9 Å². The van der Waals surface area contributed by atoms with E-state index in [-0.39, 0.29) is 25.3 Å². The molecule has 0 aromatic heterocycles. The number of amides is 3. The van der Waals surface area contributed by atoms with E-state index in [1.807, 2.05) is 0 Å². The van der Waals surface area contributed by atoms with Gasteiger partial charge in [-0.2, -0.15) is 0 Å². The Morgan fingerprint density at radius 3 is 2.35 bits per heavy atom. The molecule has 1 aliphatic rings. The largest absolute Gasteiger partial charge is 0.438 e. The minimum atomic E-state index is -1.03. The second-order valence-electron chi connectivity index (χ2n) is 8.37. The predicted octanol–water partition coefficient (Wildman–Crippen LogP) is 4.04. The van der Waals surface area contributed by atoms with Crippen molar-refractivity contribution in [2.24, 2.45) is 0 Å². The number of ether oxygens (including phenoxy) is 2. The van der Waals surface area contributed by atoms with Gasteiger partial charge < -0.3 is 20.1 Å². The summed E-state index contributed by atoms with van der Waals surface area (Å²) in [5, 5.41) is 5.47. The smallest absolute Gasteiger partial charge is 0.411 e. The molecular weight excluding hydrogens is 484 g/mol. The third kappa shape index (κ3) is 6.28. The molecule has 1 fully saturated rings. The minimum absolute atomic E-state index is 0.0268. The van der Waals surface area contributed by atoms with E-state index in [4.69, 9.17) is 9.47 Å². The molecule has 4 rings (SSSR count). The van der Waals surface area contributed by atoms with Gasteiger partial charge in [-0.3, -0.25) is 14.5 Å². The number of nitrogens with one attached hydrogen (secondary N) is 2. The molecule has 1 heterocycles. The van der Waals surface area contributed by atoms with Crippen LogP contribution >= 0.6 is 0 Å². The molecule has 3 aromatic carbocycles. The highest BCUT2D eigenvalue weighted by Gasteiger charge is 2.47. The summed E-state index contributed by atoms with van der Waals surface area (Å²) in [5.74, 6) is -1.77. The molecule has 0 aliphatic carbocycles. The van der Waals surface area contributed by atoms with Gasteiger partial charge in [-0.15, -0.1) is 0 Å². The van der Waals surface area contributed by atoms with Crippen molar-refractivity contribution in [1.82, 2.24) is 10.2 Å². The Kier molecular flexibility index (Phi) is 8.09. The van der Waals surface area contributed by atoms with Gasteiger partial charge >= 0.3 is 6.09 Å².